The lowest BCUT2D eigenvalue weighted by atomic mass is 9.63. The normalized spacial score (nSPS) is 23.0. The molecule has 0 aromatic carbocycles. The molecule has 2 N–H and O–H groups in total. The van der Waals surface area contributed by atoms with Gasteiger partial charge in [-0.3, -0.25) is 0 Å². The van der Waals surface area contributed by atoms with E-state index in [2.05, 4.69) is 55.4 Å². The van der Waals surface area contributed by atoms with Crippen LogP contribution >= 0.6 is 0 Å². The minimum atomic E-state index is 0.0947. The predicted octanol–water partition coefficient (Wildman–Crippen LogP) is 3.76. The SMILES string of the molecule is CCNC(C)c1nnc(NC2CC(C)(C)CC(C)(C)C2)o1. The molecule has 0 spiro atoms. The summed E-state index contributed by atoms with van der Waals surface area (Å²) in [5.41, 5.74) is 0.693. The van der Waals surface area contributed by atoms with E-state index in [9.17, 15) is 0 Å². The summed E-state index contributed by atoms with van der Waals surface area (Å²) in [6.45, 7) is 14.4. The third-order valence-electron chi connectivity index (χ3n) is 4.20. The minimum Gasteiger partial charge on any atom is -0.406 e. The molecule has 1 saturated carbocycles. The Kier molecular flexibility index (Phi) is 4.61. The topological polar surface area (TPSA) is 63.0 Å². The summed E-state index contributed by atoms with van der Waals surface area (Å²) in [6.07, 6.45) is 3.53. The van der Waals surface area contributed by atoms with Gasteiger partial charge in [0, 0.05) is 6.04 Å². The van der Waals surface area contributed by atoms with Crippen LogP contribution in [0.3, 0.4) is 0 Å². The lowest BCUT2D eigenvalue weighted by Crippen LogP contribution is -2.40. The Morgan fingerprint density at radius 1 is 1.19 bits per heavy atom. The second-order valence-electron chi connectivity index (χ2n) is 7.98. The lowest BCUT2D eigenvalue weighted by Gasteiger charge is -2.44. The van der Waals surface area contributed by atoms with Gasteiger partial charge >= 0.3 is 6.01 Å². The smallest absolute Gasteiger partial charge is 0.315 e. The quantitative estimate of drug-likeness (QED) is 0.865. The van der Waals surface area contributed by atoms with Crippen molar-refractivity contribution in [3.05, 3.63) is 5.89 Å². The maximum atomic E-state index is 5.74. The first-order valence-corrected chi connectivity index (χ1v) is 8.04. The van der Waals surface area contributed by atoms with Gasteiger partial charge in [0.05, 0.1) is 6.04 Å². The molecular weight excluding hydrogens is 264 g/mol. The molecule has 1 aromatic heterocycles. The molecule has 1 heterocycles. The molecular formula is C16H30N4O. The summed E-state index contributed by atoms with van der Waals surface area (Å²) in [4.78, 5) is 0. The van der Waals surface area contributed by atoms with E-state index >= 15 is 0 Å². The van der Waals surface area contributed by atoms with Crippen LogP contribution in [0.2, 0.25) is 0 Å². The molecule has 0 saturated heterocycles. The van der Waals surface area contributed by atoms with E-state index in [0.29, 0.717) is 28.8 Å². The Hall–Kier alpha value is -1.10. The summed E-state index contributed by atoms with van der Waals surface area (Å²) < 4.78 is 5.74. The van der Waals surface area contributed by atoms with Crippen LogP contribution in [-0.4, -0.2) is 22.8 Å². The van der Waals surface area contributed by atoms with Gasteiger partial charge in [-0.2, -0.15) is 0 Å². The summed E-state index contributed by atoms with van der Waals surface area (Å²) in [7, 11) is 0. The van der Waals surface area contributed by atoms with Gasteiger partial charge < -0.3 is 15.1 Å². The average Bonchev–Trinajstić information content (AvgIpc) is 2.73. The van der Waals surface area contributed by atoms with E-state index in [4.69, 9.17) is 4.42 Å². The van der Waals surface area contributed by atoms with Crippen LogP contribution in [0.5, 0.6) is 0 Å². The molecule has 5 nitrogen and oxygen atoms in total. The van der Waals surface area contributed by atoms with Gasteiger partial charge in [0.15, 0.2) is 0 Å². The molecule has 0 amide bonds. The largest absolute Gasteiger partial charge is 0.406 e. The highest BCUT2D eigenvalue weighted by atomic mass is 16.4. The molecule has 1 aromatic rings. The van der Waals surface area contributed by atoms with Crippen molar-refractivity contribution < 1.29 is 4.42 Å². The molecule has 0 radical (unpaired) electrons. The fourth-order valence-electron chi connectivity index (χ4n) is 3.98. The summed E-state index contributed by atoms with van der Waals surface area (Å²) in [5.74, 6) is 0.647. The average molecular weight is 294 g/mol. The number of rotatable bonds is 5. The second kappa shape index (κ2) is 5.95. The van der Waals surface area contributed by atoms with E-state index in [1.807, 2.05) is 6.92 Å². The highest BCUT2D eigenvalue weighted by molar-refractivity contribution is 5.21. The minimum absolute atomic E-state index is 0.0947. The van der Waals surface area contributed by atoms with Crippen molar-refractivity contribution in [3.8, 4) is 0 Å². The summed E-state index contributed by atoms with van der Waals surface area (Å²) in [5, 5.41) is 15.0. The maximum Gasteiger partial charge on any atom is 0.315 e. The van der Waals surface area contributed by atoms with Crippen LogP contribution in [-0.2, 0) is 0 Å². The Labute approximate surface area is 128 Å². The van der Waals surface area contributed by atoms with Crippen LogP contribution < -0.4 is 10.6 Å². The number of nitrogens with zero attached hydrogens (tertiary/aromatic N) is 2. The highest BCUT2D eigenvalue weighted by Crippen LogP contribution is 2.46. The first kappa shape index (κ1) is 16.3. The van der Waals surface area contributed by atoms with Gasteiger partial charge in [-0.1, -0.05) is 39.7 Å². The van der Waals surface area contributed by atoms with E-state index in [1.165, 1.54) is 6.42 Å². The highest BCUT2D eigenvalue weighted by Gasteiger charge is 2.38. The molecule has 2 rings (SSSR count). The fraction of sp³-hybridized carbons (Fsp3) is 0.875. The molecule has 5 heteroatoms. The van der Waals surface area contributed by atoms with Gasteiger partial charge in [0.25, 0.3) is 0 Å². The Morgan fingerprint density at radius 2 is 1.81 bits per heavy atom. The number of nitrogens with one attached hydrogen (secondary N) is 2. The molecule has 1 aliphatic rings. The number of hydrogen-bond donors (Lipinski definition) is 2. The molecule has 0 bridgehead atoms. The van der Waals surface area contributed by atoms with Gasteiger partial charge in [0.2, 0.25) is 5.89 Å². The van der Waals surface area contributed by atoms with Crippen LogP contribution in [0.1, 0.15) is 72.7 Å². The molecule has 21 heavy (non-hydrogen) atoms. The number of aromatic nitrogens is 2. The first-order chi connectivity index (χ1) is 9.71. The maximum absolute atomic E-state index is 5.74. The first-order valence-electron chi connectivity index (χ1n) is 8.04. The predicted molar refractivity (Wildman–Crippen MR) is 85.2 cm³/mol. The van der Waals surface area contributed by atoms with Crippen molar-refractivity contribution in [2.75, 3.05) is 11.9 Å². The van der Waals surface area contributed by atoms with Crippen LogP contribution in [0.4, 0.5) is 6.01 Å². The zero-order valence-electron chi connectivity index (χ0n) is 14.3. The molecule has 1 fully saturated rings. The molecule has 1 unspecified atom stereocenters. The van der Waals surface area contributed by atoms with Gasteiger partial charge in [-0.05, 0) is 43.6 Å². The number of anilines is 1. The van der Waals surface area contributed by atoms with Crippen LogP contribution in [0.15, 0.2) is 4.42 Å². The van der Waals surface area contributed by atoms with Crippen molar-refractivity contribution in [2.24, 2.45) is 10.8 Å². The Bertz CT molecular complexity index is 451. The fourth-order valence-corrected chi connectivity index (χ4v) is 3.98. The molecule has 1 aliphatic carbocycles. The van der Waals surface area contributed by atoms with E-state index in [0.717, 1.165) is 19.4 Å². The standard InChI is InChI=1S/C16H30N4O/c1-7-17-11(2)13-19-20-14(21-13)18-12-8-15(3,4)10-16(5,6)9-12/h11-12,17H,7-10H2,1-6H3,(H,18,20). The van der Waals surface area contributed by atoms with Crippen molar-refractivity contribution >= 4 is 6.01 Å². The third kappa shape index (κ3) is 4.43. The van der Waals surface area contributed by atoms with E-state index in [-0.39, 0.29) is 6.04 Å². The Balaban J connectivity index is 2.01. The summed E-state index contributed by atoms with van der Waals surface area (Å²) >= 11 is 0. The van der Waals surface area contributed by atoms with E-state index < -0.39 is 0 Å². The molecule has 120 valence electrons. The van der Waals surface area contributed by atoms with Gasteiger partial charge in [-0.25, -0.2) is 0 Å². The van der Waals surface area contributed by atoms with Gasteiger partial charge in [-0.15, -0.1) is 5.10 Å². The molecule has 1 atom stereocenters. The third-order valence-corrected chi connectivity index (χ3v) is 4.20. The van der Waals surface area contributed by atoms with E-state index in [1.54, 1.807) is 0 Å². The Morgan fingerprint density at radius 3 is 2.38 bits per heavy atom. The monoisotopic (exact) mass is 294 g/mol. The zero-order valence-corrected chi connectivity index (χ0v) is 14.3. The van der Waals surface area contributed by atoms with Crippen LogP contribution in [0.25, 0.3) is 0 Å². The van der Waals surface area contributed by atoms with Crippen molar-refractivity contribution in [3.63, 3.8) is 0 Å². The lowest BCUT2D eigenvalue weighted by molar-refractivity contribution is 0.104. The van der Waals surface area contributed by atoms with Gasteiger partial charge in [0.1, 0.15) is 0 Å². The van der Waals surface area contributed by atoms with Crippen molar-refractivity contribution in [2.45, 2.75) is 72.9 Å². The summed E-state index contributed by atoms with van der Waals surface area (Å²) in [6, 6.07) is 1.04. The zero-order chi connectivity index (χ0) is 15.7. The van der Waals surface area contributed by atoms with Crippen molar-refractivity contribution in [1.29, 1.82) is 0 Å². The number of hydrogen-bond acceptors (Lipinski definition) is 5. The van der Waals surface area contributed by atoms with Crippen LogP contribution in [0, 0.1) is 10.8 Å². The van der Waals surface area contributed by atoms with Crippen molar-refractivity contribution in [1.82, 2.24) is 15.5 Å². The molecule has 0 aliphatic heterocycles. The second-order valence-corrected chi connectivity index (χ2v) is 7.98.